The molecule has 1 heterocycles. The number of nitrogens with one attached hydrogen (secondary N) is 1. The van der Waals surface area contributed by atoms with E-state index < -0.39 is 12.7 Å². The third-order valence-corrected chi connectivity index (χ3v) is 4.27. The Morgan fingerprint density at radius 2 is 2.10 bits per heavy atom. The van der Waals surface area contributed by atoms with Gasteiger partial charge in [0.1, 0.15) is 5.82 Å². The fourth-order valence-corrected chi connectivity index (χ4v) is 3.04. The maximum atomic E-state index is 12.9. The molecule has 0 amide bonds. The number of hydrogen-bond donors (Lipinski definition) is 1. The Morgan fingerprint density at radius 1 is 1.33 bits per heavy atom. The Hall–Kier alpha value is -0.660. The second-order valence-corrected chi connectivity index (χ2v) is 6.23. The van der Waals surface area contributed by atoms with E-state index in [9.17, 15) is 17.6 Å². The van der Waals surface area contributed by atoms with Crippen molar-refractivity contribution in [2.24, 2.45) is 5.92 Å². The van der Waals surface area contributed by atoms with E-state index in [1.807, 2.05) is 0 Å². The van der Waals surface area contributed by atoms with E-state index in [0.29, 0.717) is 30.7 Å². The topological polar surface area (TPSA) is 15.3 Å². The van der Waals surface area contributed by atoms with Gasteiger partial charge in [0.2, 0.25) is 0 Å². The van der Waals surface area contributed by atoms with Crippen LogP contribution in [0.3, 0.4) is 0 Å². The van der Waals surface area contributed by atoms with E-state index in [0.717, 1.165) is 12.0 Å². The molecule has 1 fully saturated rings. The zero-order chi connectivity index (χ0) is 15.5. The molecule has 0 bridgehead atoms. The lowest BCUT2D eigenvalue weighted by Crippen LogP contribution is -2.33. The smallest absolute Gasteiger partial charge is 0.312 e. The molecule has 1 aliphatic rings. The number of halogens is 5. The van der Waals surface area contributed by atoms with Crippen LogP contribution in [0.5, 0.6) is 0 Å². The average molecular weight is 369 g/mol. The number of hydrogen-bond acceptors (Lipinski definition) is 2. The van der Waals surface area contributed by atoms with Crippen LogP contribution in [0.2, 0.25) is 0 Å². The quantitative estimate of drug-likeness (QED) is 0.799. The second-order valence-electron chi connectivity index (χ2n) is 5.37. The summed E-state index contributed by atoms with van der Waals surface area (Å²) in [7, 11) is 0. The van der Waals surface area contributed by atoms with Gasteiger partial charge in [0.05, 0.1) is 6.54 Å². The van der Waals surface area contributed by atoms with E-state index in [4.69, 9.17) is 0 Å². The van der Waals surface area contributed by atoms with E-state index in [1.165, 1.54) is 17.0 Å². The van der Waals surface area contributed by atoms with Crippen LogP contribution in [-0.4, -0.2) is 37.3 Å². The van der Waals surface area contributed by atoms with Crippen molar-refractivity contribution in [1.82, 2.24) is 10.2 Å². The summed E-state index contributed by atoms with van der Waals surface area (Å²) in [6.07, 6.45) is -3.35. The summed E-state index contributed by atoms with van der Waals surface area (Å²) in [5, 5.41) is 3.23. The minimum atomic E-state index is -4.12. The highest BCUT2D eigenvalue weighted by Gasteiger charge is 2.34. The summed E-state index contributed by atoms with van der Waals surface area (Å²) in [5.74, 6) is -0.0733. The number of rotatable bonds is 5. The van der Waals surface area contributed by atoms with Crippen molar-refractivity contribution in [3.8, 4) is 0 Å². The van der Waals surface area contributed by atoms with Crippen molar-refractivity contribution in [2.75, 3.05) is 26.2 Å². The van der Waals surface area contributed by atoms with Gasteiger partial charge in [-0.05, 0) is 43.1 Å². The maximum absolute atomic E-state index is 12.9. The molecule has 1 aromatic carbocycles. The van der Waals surface area contributed by atoms with Gasteiger partial charge in [-0.25, -0.2) is 4.39 Å². The standard InChI is InChI=1S/C14H17BrF4N2/c15-13-5-12(16)2-1-11(13)7-20-6-10-3-4-21(8-10)9-14(17,18)19/h1-2,5,10,20H,3-4,6-9H2. The van der Waals surface area contributed by atoms with E-state index in [-0.39, 0.29) is 11.7 Å². The fraction of sp³-hybridized carbons (Fsp3) is 0.571. The molecule has 1 N–H and O–H groups in total. The third-order valence-electron chi connectivity index (χ3n) is 3.54. The molecular weight excluding hydrogens is 352 g/mol. The Bertz CT molecular complexity index is 479. The van der Waals surface area contributed by atoms with E-state index in [1.54, 1.807) is 6.07 Å². The Labute approximate surface area is 129 Å². The molecule has 1 saturated heterocycles. The van der Waals surface area contributed by atoms with Crippen LogP contribution in [0.15, 0.2) is 22.7 Å². The molecule has 1 unspecified atom stereocenters. The Balaban J connectivity index is 1.72. The predicted molar refractivity (Wildman–Crippen MR) is 76.4 cm³/mol. The number of likely N-dealkylation sites (tertiary alicyclic amines) is 1. The first kappa shape index (κ1) is 16.7. The van der Waals surface area contributed by atoms with Crippen molar-refractivity contribution in [3.05, 3.63) is 34.1 Å². The first-order valence-corrected chi connectivity index (χ1v) is 7.56. The first-order valence-electron chi connectivity index (χ1n) is 6.77. The molecule has 21 heavy (non-hydrogen) atoms. The SMILES string of the molecule is Fc1ccc(CNCC2CCN(CC(F)(F)F)C2)c(Br)c1. The normalized spacial score (nSPS) is 20.1. The largest absolute Gasteiger partial charge is 0.401 e. The lowest BCUT2D eigenvalue weighted by atomic mass is 10.1. The van der Waals surface area contributed by atoms with Gasteiger partial charge in [-0.3, -0.25) is 4.90 Å². The highest BCUT2D eigenvalue weighted by molar-refractivity contribution is 9.10. The highest BCUT2D eigenvalue weighted by Crippen LogP contribution is 2.23. The monoisotopic (exact) mass is 368 g/mol. The number of benzene rings is 1. The summed E-state index contributed by atoms with van der Waals surface area (Å²) < 4.78 is 50.5. The molecule has 1 atom stereocenters. The van der Waals surface area contributed by atoms with Crippen molar-refractivity contribution < 1.29 is 17.6 Å². The summed E-state index contributed by atoms with van der Waals surface area (Å²) in [6.45, 7) is 1.37. The van der Waals surface area contributed by atoms with Gasteiger partial charge < -0.3 is 5.32 Å². The summed E-state index contributed by atoms with van der Waals surface area (Å²) in [6, 6.07) is 4.48. The molecule has 7 heteroatoms. The number of nitrogens with zero attached hydrogens (tertiary/aromatic N) is 1. The van der Waals surface area contributed by atoms with Crippen molar-refractivity contribution in [1.29, 1.82) is 0 Å². The Morgan fingerprint density at radius 3 is 2.76 bits per heavy atom. The maximum Gasteiger partial charge on any atom is 0.401 e. The molecule has 0 aromatic heterocycles. The van der Waals surface area contributed by atoms with Crippen LogP contribution in [0, 0.1) is 11.7 Å². The summed E-state index contributed by atoms with van der Waals surface area (Å²) >= 11 is 3.29. The van der Waals surface area contributed by atoms with Crippen LogP contribution in [-0.2, 0) is 6.54 Å². The van der Waals surface area contributed by atoms with Crippen LogP contribution < -0.4 is 5.32 Å². The first-order chi connectivity index (χ1) is 9.83. The average Bonchev–Trinajstić information content (AvgIpc) is 2.77. The zero-order valence-electron chi connectivity index (χ0n) is 11.4. The zero-order valence-corrected chi connectivity index (χ0v) is 13.0. The fourth-order valence-electron chi connectivity index (χ4n) is 2.55. The van der Waals surface area contributed by atoms with Gasteiger partial charge in [0, 0.05) is 17.6 Å². The lowest BCUT2D eigenvalue weighted by molar-refractivity contribution is -0.143. The van der Waals surface area contributed by atoms with E-state index >= 15 is 0 Å². The molecule has 1 aliphatic heterocycles. The molecule has 2 rings (SSSR count). The third kappa shape index (κ3) is 5.56. The van der Waals surface area contributed by atoms with Crippen LogP contribution in [0.25, 0.3) is 0 Å². The summed E-state index contributed by atoms with van der Waals surface area (Å²) in [5.41, 5.74) is 0.932. The molecule has 1 aromatic rings. The molecule has 118 valence electrons. The summed E-state index contributed by atoms with van der Waals surface area (Å²) in [4.78, 5) is 1.44. The van der Waals surface area contributed by atoms with Gasteiger partial charge in [0.15, 0.2) is 0 Å². The van der Waals surface area contributed by atoms with Crippen molar-refractivity contribution in [2.45, 2.75) is 19.1 Å². The number of alkyl halides is 3. The molecule has 2 nitrogen and oxygen atoms in total. The van der Waals surface area contributed by atoms with E-state index in [2.05, 4.69) is 21.2 Å². The van der Waals surface area contributed by atoms with Crippen molar-refractivity contribution in [3.63, 3.8) is 0 Å². The lowest BCUT2D eigenvalue weighted by Gasteiger charge is -2.18. The molecule has 0 saturated carbocycles. The molecule has 0 radical (unpaired) electrons. The van der Waals surface area contributed by atoms with Gasteiger partial charge in [-0.15, -0.1) is 0 Å². The molecule has 0 aliphatic carbocycles. The molecular formula is C14H17BrF4N2. The predicted octanol–water partition coefficient (Wildman–Crippen LogP) is 3.56. The minimum Gasteiger partial charge on any atom is -0.312 e. The van der Waals surface area contributed by atoms with Crippen LogP contribution in [0.1, 0.15) is 12.0 Å². The van der Waals surface area contributed by atoms with Gasteiger partial charge in [0.25, 0.3) is 0 Å². The van der Waals surface area contributed by atoms with Gasteiger partial charge >= 0.3 is 6.18 Å². The van der Waals surface area contributed by atoms with Gasteiger partial charge in [-0.2, -0.15) is 13.2 Å². The van der Waals surface area contributed by atoms with Crippen molar-refractivity contribution >= 4 is 15.9 Å². The molecule has 0 spiro atoms. The van der Waals surface area contributed by atoms with Crippen LogP contribution >= 0.6 is 15.9 Å². The van der Waals surface area contributed by atoms with Gasteiger partial charge in [-0.1, -0.05) is 22.0 Å². The minimum absolute atomic E-state index is 0.228. The highest BCUT2D eigenvalue weighted by atomic mass is 79.9. The van der Waals surface area contributed by atoms with Crippen LogP contribution in [0.4, 0.5) is 17.6 Å². The Kier molecular flexibility index (Phi) is 5.62. The second kappa shape index (κ2) is 7.07.